The van der Waals surface area contributed by atoms with Gasteiger partial charge in [-0.2, -0.15) is 0 Å². The van der Waals surface area contributed by atoms with Gasteiger partial charge in [-0.05, 0) is 89.0 Å². The minimum Gasteiger partial charge on any atom is -0.0620 e. The van der Waals surface area contributed by atoms with Crippen molar-refractivity contribution in [2.75, 3.05) is 0 Å². The summed E-state index contributed by atoms with van der Waals surface area (Å²) in [4.78, 5) is 0. The van der Waals surface area contributed by atoms with Crippen molar-refractivity contribution in [2.45, 2.75) is 47.3 Å². The molecule has 0 saturated heterocycles. The maximum atomic E-state index is 2.66. The fraction of sp³-hybridized carbons (Fsp3) is 0.192. The molecule has 7 aromatic carbocycles. The van der Waals surface area contributed by atoms with Crippen LogP contribution in [0.5, 0.6) is 0 Å². The van der Waals surface area contributed by atoms with Gasteiger partial charge in [0.25, 0.3) is 0 Å². The van der Waals surface area contributed by atoms with E-state index in [-0.39, 0.29) is 10.8 Å². The number of fused-ring (bicyclic) bond motifs is 25. The molecule has 0 nitrogen and oxygen atoms in total. The van der Waals surface area contributed by atoms with Gasteiger partial charge in [-0.25, -0.2) is 0 Å². The van der Waals surface area contributed by atoms with Gasteiger partial charge >= 0.3 is 0 Å². The Morgan fingerprint density at radius 2 is 0.365 bits per heavy atom. The Morgan fingerprint density at radius 1 is 0.192 bits per heavy atom. The average Bonchev–Trinajstić information content (AvgIpc) is 4.02. The molecule has 2 unspecified atom stereocenters. The molecule has 0 heteroatoms. The molecular formula is C52H34. The van der Waals surface area contributed by atoms with E-state index in [0.717, 1.165) is 0 Å². The molecule has 8 aliphatic carbocycles. The first-order valence-corrected chi connectivity index (χ1v) is 19.6. The molecule has 242 valence electrons. The number of benzene rings is 7. The van der Waals surface area contributed by atoms with Crippen molar-refractivity contribution < 1.29 is 0 Å². The Balaban J connectivity index is 1.11. The van der Waals surface area contributed by atoms with Gasteiger partial charge in [-0.3, -0.25) is 0 Å². The molecule has 2 spiro atoms. The van der Waals surface area contributed by atoms with Crippen LogP contribution in [0.4, 0.5) is 0 Å². The first-order valence-electron chi connectivity index (χ1n) is 19.6. The van der Waals surface area contributed by atoms with E-state index in [1.165, 1.54) is 0 Å². The summed E-state index contributed by atoms with van der Waals surface area (Å²) in [5.41, 5.74) is 25.8. The summed E-state index contributed by atoms with van der Waals surface area (Å²) in [5, 5.41) is 0. The normalized spacial score (nSPS) is 33.5. The van der Waals surface area contributed by atoms with Gasteiger partial charge in [0.15, 0.2) is 0 Å². The second kappa shape index (κ2) is 8.27. The standard InChI is InChI=1S/C52H34/c1-3-15-29-27(13-1)43-31-17-5-7-19-33(31)47-39-25-26-40-42(41(39)49-37-23-11-9-21-35(37)45(29)51(43,47)49)50-38-24-12-10-22-36(38)46-30-16-4-2-14-28(30)44-32-18-6-8-20-34(32)48(40)52(44,46)50/h1-26,43-50H/t43-,44+,45-,46+,47+,48-,49+,50-,51?,52?. The third kappa shape index (κ3) is 2.35. The molecule has 0 bridgehead atoms. The van der Waals surface area contributed by atoms with Gasteiger partial charge in [-0.1, -0.05) is 158 Å². The molecule has 7 aromatic rings. The summed E-state index contributed by atoms with van der Waals surface area (Å²) in [6, 6.07) is 63.1. The quantitative estimate of drug-likeness (QED) is 0.152. The van der Waals surface area contributed by atoms with E-state index in [9.17, 15) is 0 Å². The van der Waals surface area contributed by atoms with E-state index >= 15 is 0 Å². The summed E-state index contributed by atoms with van der Waals surface area (Å²) in [7, 11) is 0. The van der Waals surface area contributed by atoms with Gasteiger partial charge in [0.2, 0.25) is 0 Å². The lowest BCUT2D eigenvalue weighted by atomic mass is 9.62. The summed E-state index contributed by atoms with van der Waals surface area (Å²) in [6.07, 6.45) is 0. The van der Waals surface area contributed by atoms with Crippen molar-refractivity contribution in [2.24, 2.45) is 10.8 Å². The van der Waals surface area contributed by atoms with Crippen LogP contribution in [0.2, 0.25) is 0 Å². The van der Waals surface area contributed by atoms with E-state index in [1.54, 1.807) is 89.0 Å². The molecule has 0 N–H and O–H groups in total. The van der Waals surface area contributed by atoms with Crippen molar-refractivity contribution in [3.63, 3.8) is 0 Å². The fourth-order valence-electron chi connectivity index (χ4n) is 15.6. The molecule has 8 aliphatic rings. The minimum absolute atomic E-state index is 0.0390. The molecule has 52 heavy (non-hydrogen) atoms. The molecular weight excluding hydrogens is 625 g/mol. The largest absolute Gasteiger partial charge is 0.0620 e. The van der Waals surface area contributed by atoms with Crippen molar-refractivity contribution in [3.05, 3.63) is 247 Å². The Kier molecular flexibility index (Phi) is 4.19. The van der Waals surface area contributed by atoms with Crippen molar-refractivity contribution in [1.82, 2.24) is 0 Å². The van der Waals surface area contributed by atoms with Crippen LogP contribution in [-0.2, 0) is 0 Å². The van der Waals surface area contributed by atoms with Gasteiger partial charge in [0.1, 0.15) is 0 Å². The molecule has 0 saturated carbocycles. The topological polar surface area (TPSA) is 0 Å². The Hall–Kier alpha value is -5.46. The van der Waals surface area contributed by atoms with Crippen LogP contribution in [0, 0.1) is 10.8 Å². The van der Waals surface area contributed by atoms with Crippen LogP contribution in [0.1, 0.15) is 136 Å². The fourth-order valence-corrected chi connectivity index (χ4v) is 15.6. The number of hydrogen-bond donors (Lipinski definition) is 0. The predicted octanol–water partition coefficient (Wildman–Crippen LogP) is 11.4. The van der Waals surface area contributed by atoms with Gasteiger partial charge in [0.05, 0.1) is 0 Å². The maximum Gasteiger partial charge on any atom is 0.0182 e. The maximum absolute atomic E-state index is 2.66. The third-order valence-electron chi connectivity index (χ3n) is 16.3. The summed E-state index contributed by atoms with van der Waals surface area (Å²) in [6.45, 7) is 0. The Labute approximate surface area is 303 Å². The second-order valence-electron chi connectivity index (χ2n) is 17.3. The van der Waals surface area contributed by atoms with Crippen molar-refractivity contribution >= 4 is 0 Å². The summed E-state index contributed by atoms with van der Waals surface area (Å²) in [5.74, 6) is 3.02. The van der Waals surface area contributed by atoms with Gasteiger partial charge < -0.3 is 0 Å². The van der Waals surface area contributed by atoms with Crippen LogP contribution in [-0.4, -0.2) is 0 Å². The zero-order valence-corrected chi connectivity index (χ0v) is 28.6. The van der Waals surface area contributed by atoms with E-state index in [4.69, 9.17) is 0 Å². The number of hydrogen-bond acceptors (Lipinski definition) is 0. The zero-order valence-electron chi connectivity index (χ0n) is 28.6. The van der Waals surface area contributed by atoms with E-state index in [0.29, 0.717) is 47.3 Å². The van der Waals surface area contributed by atoms with Gasteiger partial charge in [-0.15, -0.1) is 0 Å². The second-order valence-corrected chi connectivity index (χ2v) is 17.3. The molecule has 0 aliphatic heterocycles. The highest BCUT2D eigenvalue weighted by atomic mass is 14.8. The molecule has 10 atom stereocenters. The highest BCUT2D eigenvalue weighted by molar-refractivity contribution is 5.80. The first-order chi connectivity index (χ1) is 25.9. The lowest BCUT2D eigenvalue weighted by molar-refractivity contribution is 0.234. The van der Waals surface area contributed by atoms with E-state index < -0.39 is 0 Å². The van der Waals surface area contributed by atoms with Crippen LogP contribution < -0.4 is 0 Å². The molecule has 0 amide bonds. The van der Waals surface area contributed by atoms with Crippen LogP contribution in [0.3, 0.4) is 0 Å². The summed E-state index contributed by atoms with van der Waals surface area (Å²) >= 11 is 0. The van der Waals surface area contributed by atoms with Crippen LogP contribution >= 0.6 is 0 Å². The highest BCUT2D eigenvalue weighted by Crippen LogP contribution is 2.88. The lowest BCUT2D eigenvalue weighted by Crippen LogP contribution is -2.31. The van der Waals surface area contributed by atoms with E-state index in [1.807, 2.05) is 0 Å². The smallest absolute Gasteiger partial charge is 0.0182 e. The van der Waals surface area contributed by atoms with Crippen LogP contribution in [0.25, 0.3) is 0 Å². The Morgan fingerprint density at radius 3 is 0.577 bits per heavy atom. The molecule has 15 rings (SSSR count). The monoisotopic (exact) mass is 658 g/mol. The summed E-state index contributed by atoms with van der Waals surface area (Å²) < 4.78 is 0. The zero-order chi connectivity index (χ0) is 33.2. The molecule has 0 fully saturated rings. The number of rotatable bonds is 0. The Bertz CT molecular complexity index is 2580. The third-order valence-corrected chi connectivity index (χ3v) is 16.3. The average molecular weight is 659 g/mol. The molecule has 0 aromatic heterocycles. The predicted molar refractivity (Wildman–Crippen MR) is 205 cm³/mol. The molecule has 0 radical (unpaired) electrons. The van der Waals surface area contributed by atoms with Crippen LogP contribution in [0.15, 0.2) is 158 Å². The van der Waals surface area contributed by atoms with Crippen molar-refractivity contribution in [3.8, 4) is 0 Å². The van der Waals surface area contributed by atoms with E-state index in [2.05, 4.69) is 158 Å². The minimum atomic E-state index is 0.0390. The first kappa shape index (κ1) is 26.3. The van der Waals surface area contributed by atoms with Crippen molar-refractivity contribution in [1.29, 1.82) is 0 Å². The lowest BCUT2D eigenvalue weighted by Gasteiger charge is -2.38. The highest BCUT2D eigenvalue weighted by Gasteiger charge is 2.77. The molecule has 0 heterocycles. The van der Waals surface area contributed by atoms with Gasteiger partial charge in [0, 0.05) is 58.2 Å². The SMILES string of the molecule is c1ccc2c(c1)[C@H]1c3ccccc3[C@@H]3c4ccc5c(c4[C@H]4c6ccccc6[C@H]2C134)[C@@H]1c2ccccc2[C@H]2c3ccccc3[C@@H]3c4ccccc4[C@@H]5C321.